The molecule has 0 fully saturated rings. The van der Waals surface area contributed by atoms with E-state index >= 15 is 0 Å². The van der Waals surface area contributed by atoms with Crippen LogP contribution < -0.4 is 5.32 Å². The molecule has 0 saturated carbocycles. The van der Waals surface area contributed by atoms with Crippen molar-refractivity contribution in [2.24, 2.45) is 0 Å². The predicted molar refractivity (Wildman–Crippen MR) is 57.1 cm³/mol. The maximum atomic E-state index is 13.3. The first kappa shape index (κ1) is 12.0. The molecule has 1 aromatic heterocycles. The van der Waals surface area contributed by atoms with Gasteiger partial charge in [0.15, 0.2) is 11.6 Å². The van der Waals surface area contributed by atoms with Gasteiger partial charge in [-0.05, 0) is 12.1 Å². The molecule has 0 spiro atoms. The smallest absolute Gasteiger partial charge is 0.203 e. The maximum absolute atomic E-state index is 13.3. The van der Waals surface area contributed by atoms with Crippen LogP contribution in [0.2, 0.25) is 0 Å². The van der Waals surface area contributed by atoms with Crippen molar-refractivity contribution in [3.63, 3.8) is 0 Å². The molecule has 1 aromatic carbocycles. The lowest BCUT2D eigenvalue weighted by molar-refractivity contribution is 0.503. The average Bonchev–Trinajstić information content (AvgIpc) is 2.75. The van der Waals surface area contributed by atoms with Crippen molar-refractivity contribution < 1.29 is 17.6 Å². The number of nitrogens with zero attached hydrogens (tertiary/aromatic N) is 1. The zero-order valence-electron chi connectivity index (χ0n) is 9.01. The molecule has 0 aliphatic carbocycles. The highest BCUT2D eigenvalue weighted by atomic mass is 19.1. The zero-order chi connectivity index (χ0) is 13.1. The molecule has 0 aliphatic heterocycles. The van der Waals surface area contributed by atoms with E-state index in [1.54, 1.807) is 6.07 Å². The van der Waals surface area contributed by atoms with Crippen LogP contribution in [-0.2, 0) is 6.54 Å². The van der Waals surface area contributed by atoms with Crippen LogP contribution in [-0.4, -0.2) is 0 Å². The van der Waals surface area contributed by atoms with E-state index in [1.165, 1.54) is 12.1 Å². The van der Waals surface area contributed by atoms with Gasteiger partial charge in [-0.3, -0.25) is 0 Å². The van der Waals surface area contributed by atoms with E-state index in [0.29, 0.717) is 17.9 Å². The summed E-state index contributed by atoms with van der Waals surface area (Å²) < 4.78 is 44.2. The van der Waals surface area contributed by atoms with Crippen molar-refractivity contribution in [3.8, 4) is 6.07 Å². The summed E-state index contributed by atoms with van der Waals surface area (Å²) in [5.74, 6) is -2.60. The van der Waals surface area contributed by atoms with E-state index in [9.17, 15) is 13.2 Å². The zero-order valence-corrected chi connectivity index (χ0v) is 9.01. The minimum absolute atomic E-state index is 0.0127. The van der Waals surface area contributed by atoms with E-state index < -0.39 is 23.1 Å². The number of hydrogen-bond donors (Lipinski definition) is 1. The third-order valence-corrected chi connectivity index (χ3v) is 2.22. The number of benzene rings is 1. The normalized spacial score (nSPS) is 10.1. The number of rotatable bonds is 3. The van der Waals surface area contributed by atoms with Crippen molar-refractivity contribution in [1.29, 1.82) is 5.26 Å². The van der Waals surface area contributed by atoms with Crippen LogP contribution in [0.15, 0.2) is 28.7 Å². The van der Waals surface area contributed by atoms with Crippen LogP contribution in [0.1, 0.15) is 11.5 Å². The minimum Gasteiger partial charge on any atom is -0.449 e. The lowest BCUT2D eigenvalue weighted by Gasteiger charge is -2.07. The molecule has 0 unspecified atom stereocenters. The van der Waals surface area contributed by atoms with Crippen molar-refractivity contribution in [2.45, 2.75) is 6.54 Å². The number of hydrogen-bond acceptors (Lipinski definition) is 3. The van der Waals surface area contributed by atoms with Gasteiger partial charge in [-0.1, -0.05) is 0 Å². The van der Waals surface area contributed by atoms with Gasteiger partial charge < -0.3 is 9.73 Å². The van der Waals surface area contributed by atoms with Crippen molar-refractivity contribution >= 4 is 5.69 Å². The monoisotopic (exact) mass is 252 g/mol. The van der Waals surface area contributed by atoms with Gasteiger partial charge >= 0.3 is 0 Å². The van der Waals surface area contributed by atoms with Crippen LogP contribution in [0, 0.1) is 28.8 Å². The van der Waals surface area contributed by atoms with Crippen LogP contribution in [0.25, 0.3) is 0 Å². The molecule has 2 aromatic rings. The first-order valence-electron chi connectivity index (χ1n) is 4.97. The summed E-state index contributed by atoms with van der Waals surface area (Å²) in [5.41, 5.74) is -0.439. The Labute approximate surface area is 100 Å². The van der Waals surface area contributed by atoms with E-state index in [2.05, 4.69) is 5.32 Å². The van der Waals surface area contributed by atoms with Gasteiger partial charge in [-0.2, -0.15) is 5.26 Å². The number of nitriles is 1. The number of furan rings is 1. The molecule has 3 nitrogen and oxygen atoms in total. The first-order valence-corrected chi connectivity index (χ1v) is 4.97. The molecule has 6 heteroatoms. The molecule has 0 saturated heterocycles. The summed E-state index contributed by atoms with van der Waals surface area (Å²) in [5, 5.41) is 11.0. The Balaban J connectivity index is 2.13. The van der Waals surface area contributed by atoms with E-state index in [-0.39, 0.29) is 12.3 Å². The van der Waals surface area contributed by atoms with Crippen LogP contribution in [0.5, 0.6) is 0 Å². The molecular weight excluding hydrogens is 245 g/mol. The van der Waals surface area contributed by atoms with Crippen molar-refractivity contribution in [2.75, 3.05) is 5.32 Å². The fraction of sp³-hybridized carbons (Fsp3) is 0.0833. The SMILES string of the molecule is N#Cc1ccc(CNc2c(F)cc(F)cc2F)o1. The van der Waals surface area contributed by atoms with Gasteiger partial charge in [-0.15, -0.1) is 0 Å². The Morgan fingerprint density at radius 2 is 1.83 bits per heavy atom. The van der Waals surface area contributed by atoms with Gasteiger partial charge in [0, 0.05) is 12.1 Å². The predicted octanol–water partition coefficient (Wildman–Crippen LogP) is 3.18. The van der Waals surface area contributed by atoms with Crippen molar-refractivity contribution in [1.82, 2.24) is 0 Å². The third kappa shape index (κ3) is 2.46. The van der Waals surface area contributed by atoms with E-state index in [1.807, 2.05) is 0 Å². The molecular formula is C12H7F3N2O. The third-order valence-electron chi connectivity index (χ3n) is 2.22. The molecule has 0 atom stereocenters. The summed E-state index contributed by atoms with van der Waals surface area (Å²) in [6, 6.07) is 5.88. The Morgan fingerprint density at radius 1 is 1.17 bits per heavy atom. The molecule has 18 heavy (non-hydrogen) atoms. The molecule has 0 bridgehead atoms. The second-order valence-electron chi connectivity index (χ2n) is 3.48. The number of halogens is 3. The molecule has 2 rings (SSSR count). The van der Waals surface area contributed by atoms with Crippen LogP contribution >= 0.6 is 0 Å². The lowest BCUT2D eigenvalue weighted by Crippen LogP contribution is -2.03. The van der Waals surface area contributed by atoms with Crippen LogP contribution in [0.4, 0.5) is 18.9 Å². The van der Waals surface area contributed by atoms with Gasteiger partial charge in [0.05, 0.1) is 6.54 Å². The summed E-state index contributed by atoms with van der Waals surface area (Å²) in [7, 11) is 0. The second-order valence-corrected chi connectivity index (χ2v) is 3.48. The molecule has 0 amide bonds. The average molecular weight is 252 g/mol. The topological polar surface area (TPSA) is 49.0 Å². The molecule has 1 heterocycles. The summed E-state index contributed by atoms with van der Waals surface area (Å²) in [6.07, 6.45) is 0. The second kappa shape index (κ2) is 4.84. The molecule has 0 aliphatic rings. The standard InChI is InChI=1S/C12H7F3N2O/c13-7-3-10(14)12(11(15)4-7)17-6-9-2-1-8(5-16)18-9/h1-4,17H,6H2. The first-order chi connectivity index (χ1) is 8.60. The van der Waals surface area contributed by atoms with Gasteiger partial charge in [-0.25, -0.2) is 13.2 Å². The maximum Gasteiger partial charge on any atom is 0.203 e. The summed E-state index contributed by atoms with van der Waals surface area (Å²) in [4.78, 5) is 0. The Bertz CT molecular complexity index is 593. The fourth-order valence-corrected chi connectivity index (χ4v) is 1.42. The Hall–Kier alpha value is -2.42. The highest BCUT2D eigenvalue weighted by Gasteiger charge is 2.11. The number of anilines is 1. The highest BCUT2D eigenvalue weighted by Crippen LogP contribution is 2.21. The van der Waals surface area contributed by atoms with Gasteiger partial charge in [0.1, 0.15) is 23.3 Å². The van der Waals surface area contributed by atoms with Gasteiger partial charge in [0.2, 0.25) is 5.76 Å². The Morgan fingerprint density at radius 3 is 2.39 bits per heavy atom. The molecule has 92 valence electrons. The van der Waals surface area contributed by atoms with Gasteiger partial charge in [0.25, 0.3) is 0 Å². The Kier molecular flexibility index (Phi) is 3.24. The summed E-state index contributed by atoms with van der Waals surface area (Å²) in [6.45, 7) is -0.0127. The van der Waals surface area contributed by atoms with Crippen LogP contribution in [0.3, 0.4) is 0 Å². The summed E-state index contributed by atoms with van der Waals surface area (Å²) >= 11 is 0. The quantitative estimate of drug-likeness (QED) is 0.912. The minimum atomic E-state index is -1.03. The number of nitrogens with one attached hydrogen (secondary N) is 1. The van der Waals surface area contributed by atoms with E-state index in [4.69, 9.17) is 9.68 Å². The molecule has 1 N–H and O–H groups in total. The highest BCUT2D eigenvalue weighted by molar-refractivity contribution is 5.46. The lowest BCUT2D eigenvalue weighted by atomic mass is 10.2. The largest absolute Gasteiger partial charge is 0.449 e. The van der Waals surface area contributed by atoms with E-state index in [0.717, 1.165) is 0 Å². The van der Waals surface area contributed by atoms with Crippen molar-refractivity contribution in [3.05, 3.63) is 53.2 Å². The molecule has 0 radical (unpaired) electrons. The fourth-order valence-electron chi connectivity index (χ4n) is 1.42.